The smallest absolute Gasteiger partial charge is 0.411 e. The van der Waals surface area contributed by atoms with Gasteiger partial charge in [0.25, 0.3) is 0 Å². The van der Waals surface area contributed by atoms with E-state index in [1.54, 1.807) is 11.1 Å². The Morgan fingerprint density at radius 3 is 2.55 bits per heavy atom. The second kappa shape index (κ2) is 8.81. The molecule has 1 unspecified atom stereocenters. The minimum atomic E-state index is -0.530. The van der Waals surface area contributed by atoms with E-state index in [-0.39, 0.29) is 18.9 Å². The maximum absolute atomic E-state index is 12.1. The summed E-state index contributed by atoms with van der Waals surface area (Å²) < 4.78 is 5.35. The summed E-state index contributed by atoms with van der Waals surface area (Å²) in [7, 11) is 1.90. The Kier molecular flexibility index (Phi) is 8.25. The standard InChI is InChI=1S/C14H29N3O3/c1-7-16(6)12(2)15-11-17(9-8-10-18)13(19)20-14(3,4)5/h7,12,15,18H,1,8-11H2,2-6H3. The summed E-state index contributed by atoms with van der Waals surface area (Å²) >= 11 is 0. The summed E-state index contributed by atoms with van der Waals surface area (Å²) in [5.74, 6) is 0. The van der Waals surface area contributed by atoms with E-state index in [9.17, 15) is 4.79 Å². The van der Waals surface area contributed by atoms with Crippen LogP contribution in [0.3, 0.4) is 0 Å². The molecular formula is C14H29N3O3. The second-order valence-corrected chi connectivity index (χ2v) is 5.71. The van der Waals surface area contributed by atoms with Crippen LogP contribution in [0.25, 0.3) is 0 Å². The van der Waals surface area contributed by atoms with E-state index in [0.717, 1.165) is 0 Å². The number of carbonyl (C=O) groups excluding carboxylic acids is 1. The van der Waals surface area contributed by atoms with Crippen molar-refractivity contribution in [2.45, 2.75) is 45.9 Å². The van der Waals surface area contributed by atoms with Crippen LogP contribution in [0.2, 0.25) is 0 Å². The highest BCUT2D eigenvalue weighted by atomic mass is 16.6. The number of carbonyl (C=O) groups is 1. The molecule has 0 heterocycles. The molecule has 0 radical (unpaired) electrons. The number of hydrogen-bond acceptors (Lipinski definition) is 5. The number of ether oxygens (including phenoxy) is 1. The van der Waals surface area contributed by atoms with Crippen molar-refractivity contribution in [1.82, 2.24) is 15.1 Å². The first-order chi connectivity index (χ1) is 9.21. The first kappa shape index (κ1) is 18.7. The number of aliphatic hydroxyl groups is 1. The van der Waals surface area contributed by atoms with E-state index in [0.29, 0.717) is 19.6 Å². The Bertz CT molecular complexity index is 303. The molecule has 0 aromatic carbocycles. The van der Waals surface area contributed by atoms with Crippen LogP contribution in [0.5, 0.6) is 0 Å². The summed E-state index contributed by atoms with van der Waals surface area (Å²) in [5, 5.41) is 12.1. The summed E-state index contributed by atoms with van der Waals surface area (Å²) in [6.07, 6.45) is 1.90. The number of hydrogen-bond donors (Lipinski definition) is 2. The van der Waals surface area contributed by atoms with Crippen molar-refractivity contribution in [3.63, 3.8) is 0 Å². The van der Waals surface area contributed by atoms with Crippen molar-refractivity contribution in [2.75, 3.05) is 26.9 Å². The molecule has 0 aliphatic carbocycles. The van der Waals surface area contributed by atoms with Crippen LogP contribution in [0.1, 0.15) is 34.1 Å². The average molecular weight is 287 g/mol. The van der Waals surface area contributed by atoms with Gasteiger partial charge in [-0.05, 0) is 40.3 Å². The summed E-state index contributed by atoms with van der Waals surface area (Å²) in [5.41, 5.74) is -0.530. The number of aliphatic hydroxyl groups excluding tert-OH is 1. The van der Waals surface area contributed by atoms with E-state index in [2.05, 4.69) is 11.9 Å². The van der Waals surface area contributed by atoms with Gasteiger partial charge in [-0.25, -0.2) is 4.79 Å². The highest BCUT2D eigenvalue weighted by molar-refractivity contribution is 5.68. The molecule has 6 nitrogen and oxygen atoms in total. The van der Waals surface area contributed by atoms with E-state index in [1.807, 2.05) is 39.6 Å². The lowest BCUT2D eigenvalue weighted by molar-refractivity contribution is 0.0209. The maximum atomic E-state index is 12.1. The molecule has 0 bridgehead atoms. The second-order valence-electron chi connectivity index (χ2n) is 5.71. The molecular weight excluding hydrogens is 258 g/mol. The molecule has 0 fully saturated rings. The molecule has 2 N–H and O–H groups in total. The Morgan fingerprint density at radius 2 is 2.10 bits per heavy atom. The third-order valence-electron chi connectivity index (χ3n) is 2.71. The zero-order valence-electron chi connectivity index (χ0n) is 13.3. The molecule has 1 amide bonds. The molecule has 0 aromatic rings. The highest BCUT2D eigenvalue weighted by Crippen LogP contribution is 2.10. The zero-order chi connectivity index (χ0) is 15.8. The molecule has 1 atom stereocenters. The van der Waals surface area contributed by atoms with Gasteiger partial charge in [-0.1, -0.05) is 6.58 Å². The topological polar surface area (TPSA) is 65.0 Å². The molecule has 20 heavy (non-hydrogen) atoms. The number of nitrogens with one attached hydrogen (secondary N) is 1. The summed E-state index contributed by atoms with van der Waals surface area (Å²) in [6.45, 7) is 12.0. The van der Waals surface area contributed by atoms with E-state index < -0.39 is 5.60 Å². The lowest BCUT2D eigenvalue weighted by Crippen LogP contribution is -2.48. The van der Waals surface area contributed by atoms with Crippen molar-refractivity contribution >= 4 is 6.09 Å². The van der Waals surface area contributed by atoms with E-state index >= 15 is 0 Å². The predicted octanol–water partition coefficient (Wildman–Crippen LogP) is 1.57. The van der Waals surface area contributed by atoms with Crippen LogP contribution < -0.4 is 5.32 Å². The molecule has 0 rings (SSSR count). The summed E-state index contributed by atoms with van der Waals surface area (Å²) in [6, 6.07) is 0. The third kappa shape index (κ3) is 8.01. The third-order valence-corrected chi connectivity index (χ3v) is 2.71. The Morgan fingerprint density at radius 1 is 1.50 bits per heavy atom. The summed E-state index contributed by atoms with van der Waals surface area (Å²) in [4.78, 5) is 15.5. The van der Waals surface area contributed by atoms with Gasteiger partial charge >= 0.3 is 6.09 Å². The molecule has 0 aliphatic heterocycles. The van der Waals surface area contributed by atoms with Crippen molar-refractivity contribution < 1.29 is 14.6 Å². The highest BCUT2D eigenvalue weighted by Gasteiger charge is 2.22. The van der Waals surface area contributed by atoms with Gasteiger partial charge in [0, 0.05) is 20.2 Å². The molecule has 0 saturated carbocycles. The largest absolute Gasteiger partial charge is 0.444 e. The van der Waals surface area contributed by atoms with Crippen LogP contribution in [-0.2, 0) is 4.74 Å². The lowest BCUT2D eigenvalue weighted by Gasteiger charge is -2.30. The van der Waals surface area contributed by atoms with E-state index in [1.165, 1.54) is 0 Å². The number of rotatable bonds is 8. The molecule has 6 heteroatoms. The van der Waals surface area contributed by atoms with Gasteiger partial charge < -0.3 is 14.7 Å². The predicted molar refractivity (Wildman–Crippen MR) is 80.1 cm³/mol. The molecule has 0 saturated heterocycles. The fraction of sp³-hybridized carbons (Fsp3) is 0.786. The van der Waals surface area contributed by atoms with Crippen molar-refractivity contribution in [3.8, 4) is 0 Å². The fourth-order valence-corrected chi connectivity index (χ4v) is 1.37. The van der Waals surface area contributed by atoms with E-state index in [4.69, 9.17) is 9.84 Å². The van der Waals surface area contributed by atoms with Gasteiger partial charge in [0.1, 0.15) is 5.60 Å². The molecule has 0 aromatic heterocycles. The van der Waals surface area contributed by atoms with Crippen molar-refractivity contribution in [3.05, 3.63) is 12.8 Å². The fourth-order valence-electron chi connectivity index (χ4n) is 1.37. The van der Waals surface area contributed by atoms with Crippen molar-refractivity contribution in [1.29, 1.82) is 0 Å². The maximum Gasteiger partial charge on any atom is 0.411 e. The van der Waals surface area contributed by atoms with Crippen molar-refractivity contribution in [2.24, 2.45) is 0 Å². The molecule has 0 spiro atoms. The normalized spacial score (nSPS) is 12.7. The van der Waals surface area contributed by atoms with Gasteiger partial charge in [0.05, 0.1) is 12.8 Å². The Balaban J connectivity index is 4.48. The monoisotopic (exact) mass is 287 g/mol. The average Bonchev–Trinajstić information content (AvgIpc) is 2.35. The Labute approximate surface area is 122 Å². The first-order valence-electron chi connectivity index (χ1n) is 6.88. The van der Waals surface area contributed by atoms with Gasteiger partial charge in [0.2, 0.25) is 0 Å². The zero-order valence-corrected chi connectivity index (χ0v) is 13.3. The van der Waals surface area contributed by atoms with Crippen LogP contribution in [0.15, 0.2) is 12.8 Å². The molecule has 0 aliphatic rings. The Hall–Kier alpha value is -1.27. The van der Waals surface area contributed by atoms with Crippen LogP contribution in [0, 0.1) is 0 Å². The first-order valence-corrected chi connectivity index (χ1v) is 6.88. The molecule has 118 valence electrons. The SMILES string of the molecule is C=CN(C)C(C)NCN(CCCO)C(=O)OC(C)(C)C. The number of nitrogens with zero attached hydrogens (tertiary/aromatic N) is 2. The van der Waals surface area contributed by atoms with Crippen LogP contribution in [-0.4, -0.2) is 59.6 Å². The quantitative estimate of drug-likeness (QED) is 0.664. The minimum Gasteiger partial charge on any atom is -0.444 e. The van der Waals surface area contributed by atoms with Crippen LogP contribution in [0.4, 0.5) is 4.79 Å². The van der Waals surface area contributed by atoms with Crippen LogP contribution >= 0.6 is 0 Å². The van der Waals surface area contributed by atoms with Gasteiger partial charge in [-0.2, -0.15) is 0 Å². The minimum absolute atomic E-state index is 0.0431. The van der Waals surface area contributed by atoms with Gasteiger partial charge in [0.15, 0.2) is 0 Å². The van der Waals surface area contributed by atoms with Gasteiger partial charge in [-0.15, -0.1) is 0 Å². The van der Waals surface area contributed by atoms with Gasteiger partial charge in [-0.3, -0.25) is 10.2 Å². The number of amides is 1. The lowest BCUT2D eigenvalue weighted by atomic mass is 10.2.